The van der Waals surface area contributed by atoms with E-state index in [0.717, 1.165) is 6.42 Å². The van der Waals surface area contributed by atoms with E-state index < -0.39 is 0 Å². The maximum Gasteiger partial charge on any atom is 0.409 e. The highest BCUT2D eigenvalue weighted by Crippen LogP contribution is 2.08. The molecule has 27 heavy (non-hydrogen) atoms. The Labute approximate surface area is 159 Å². The first-order chi connectivity index (χ1) is 13.1. The fourth-order valence-corrected chi connectivity index (χ4v) is 2.90. The van der Waals surface area contributed by atoms with Crippen molar-refractivity contribution in [1.82, 2.24) is 24.7 Å². The van der Waals surface area contributed by atoms with Crippen LogP contribution in [0.15, 0.2) is 18.6 Å². The van der Waals surface area contributed by atoms with Crippen molar-refractivity contribution in [3.05, 3.63) is 24.3 Å². The van der Waals surface area contributed by atoms with Crippen LogP contribution in [0.1, 0.15) is 37.2 Å². The molecule has 0 radical (unpaired) electrons. The zero-order valence-electron chi connectivity index (χ0n) is 16.0. The number of aromatic nitrogens is 2. The highest BCUT2D eigenvalue weighted by Gasteiger charge is 2.25. The van der Waals surface area contributed by atoms with Gasteiger partial charge in [-0.05, 0) is 13.3 Å². The van der Waals surface area contributed by atoms with Gasteiger partial charge in [0.1, 0.15) is 5.69 Å². The van der Waals surface area contributed by atoms with Gasteiger partial charge in [-0.15, -0.1) is 0 Å². The summed E-state index contributed by atoms with van der Waals surface area (Å²) in [6.07, 6.45) is 5.12. The Hall–Kier alpha value is -2.71. The zero-order chi connectivity index (χ0) is 19.6. The summed E-state index contributed by atoms with van der Waals surface area (Å²) in [7, 11) is 0. The standard InChI is InChI=1S/C18H27N5O4/c1-3-8-22(17(25)15-14-19-6-7-20-15)9-5-16(24)21-10-12-23(13-11-21)18(26)27-4-2/h6-7,14H,3-5,8-13H2,1-2H3. The van der Waals surface area contributed by atoms with Crippen molar-refractivity contribution in [2.45, 2.75) is 26.7 Å². The molecule has 148 valence electrons. The Morgan fingerprint density at radius 3 is 2.37 bits per heavy atom. The van der Waals surface area contributed by atoms with Crippen molar-refractivity contribution in [1.29, 1.82) is 0 Å². The Morgan fingerprint density at radius 2 is 1.78 bits per heavy atom. The summed E-state index contributed by atoms with van der Waals surface area (Å²) in [6, 6.07) is 0. The maximum atomic E-state index is 12.5. The minimum Gasteiger partial charge on any atom is -0.450 e. The number of rotatable bonds is 7. The second-order valence-electron chi connectivity index (χ2n) is 6.20. The first-order valence-electron chi connectivity index (χ1n) is 9.31. The molecule has 0 aromatic carbocycles. The third-order valence-corrected chi connectivity index (χ3v) is 4.32. The number of carbonyl (C=O) groups excluding carboxylic acids is 3. The number of hydrogen-bond acceptors (Lipinski definition) is 6. The molecule has 0 bridgehead atoms. The molecule has 9 heteroatoms. The molecule has 9 nitrogen and oxygen atoms in total. The number of hydrogen-bond donors (Lipinski definition) is 0. The van der Waals surface area contributed by atoms with Gasteiger partial charge in [0, 0.05) is 58.1 Å². The Bertz CT molecular complexity index is 632. The molecule has 0 atom stereocenters. The summed E-state index contributed by atoms with van der Waals surface area (Å²) in [5, 5.41) is 0. The van der Waals surface area contributed by atoms with Gasteiger partial charge in [-0.2, -0.15) is 0 Å². The first kappa shape index (κ1) is 20.6. The lowest BCUT2D eigenvalue weighted by Crippen LogP contribution is -2.51. The van der Waals surface area contributed by atoms with Gasteiger partial charge in [-0.3, -0.25) is 14.6 Å². The number of ether oxygens (including phenoxy) is 1. The van der Waals surface area contributed by atoms with Gasteiger partial charge in [0.25, 0.3) is 5.91 Å². The van der Waals surface area contributed by atoms with Crippen molar-refractivity contribution in [3.63, 3.8) is 0 Å². The molecule has 0 spiro atoms. The molecule has 1 aromatic rings. The smallest absolute Gasteiger partial charge is 0.409 e. The van der Waals surface area contributed by atoms with Crippen LogP contribution in [0.3, 0.4) is 0 Å². The number of amides is 3. The average molecular weight is 377 g/mol. The van der Waals surface area contributed by atoms with Gasteiger partial charge in [0.05, 0.1) is 12.8 Å². The Balaban J connectivity index is 1.84. The summed E-state index contributed by atoms with van der Waals surface area (Å²) in [5.41, 5.74) is 0.279. The summed E-state index contributed by atoms with van der Waals surface area (Å²) < 4.78 is 4.98. The average Bonchev–Trinajstić information content (AvgIpc) is 2.71. The minimum atomic E-state index is -0.340. The molecule has 0 aliphatic carbocycles. The minimum absolute atomic E-state index is 0.0217. The third-order valence-electron chi connectivity index (χ3n) is 4.32. The van der Waals surface area contributed by atoms with E-state index in [2.05, 4.69) is 9.97 Å². The number of carbonyl (C=O) groups is 3. The normalized spacial score (nSPS) is 14.0. The molecule has 1 fully saturated rings. The molecule has 1 aliphatic rings. The highest BCUT2D eigenvalue weighted by atomic mass is 16.6. The molecule has 3 amide bonds. The molecular formula is C18H27N5O4. The quantitative estimate of drug-likeness (QED) is 0.704. The second kappa shape index (κ2) is 10.4. The molecule has 2 heterocycles. The fourth-order valence-electron chi connectivity index (χ4n) is 2.90. The van der Waals surface area contributed by atoms with E-state index in [0.29, 0.717) is 45.9 Å². The van der Waals surface area contributed by atoms with E-state index in [4.69, 9.17) is 4.74 Å². The van der Waals surface area contributed by atoms with E-state index in [1.54, 1.807) is 21.6 Å². The summed E-state index contributed by atoms with van der Waals surface area (Å²) in [6.45, 7) is 6.84. The van der Waals surface area contributed by atoms with Gasteiger partial charge in [-0.25, -0.2) is 9.78 Å². The van der Waals surface area contributed by atoms with Crippen LogP contribution in [0.5, 0.6) is 0 Å². The molecule has 0 N–H and O–H groups in total. The van der Waals surface area contributed by atoms with Crippen LogP contribution < -0.4 is 0 Å². The number of nitrogens with zero attached hydrogens (tertiary/aromatic N) is 5. The summed E-state index contributed by atoms with van der Waals surface area (Å²) in [5.74, 6) is -0.239. The van der Waals surface area contributed by atoms with E-state index in [1.165, 1.54) is 18.6 Å². The lowest BCUT2D eigenvalue weighted by molar-refractivity contribution is -0.133. The largest absolute Gasteiger partial charge is 0.450 e. The topological polar surface area (TPSA) is 95.9 Å². The molecular weight excluding hydrogens is 350 g/mol. The summed E-state index contributed by atoms with van der Waals surface area (Å²) >= 11 is 0. The lowest BCUT2D eigenvalue weighted by Gasteiger charge is -2.34. The maximum absolute atomic E-state index is 12.5. The Morgan fingerprint density at radius 1 is 1.07 bits per heavy atom. The predicted molar refractivity (Wildman–Crippen MR) is 98.0 cm³/mol. The first-order valence-corrected chi connectivity index (χ1v) is 9.31. The van der Waals surface area contributed by atoms with E-state index in [1.807, 2.05) is 6.92 Å². The van der Waals surface area contributed by atoms with Crippen LogP contribution in [0.4, 0.5) is 4.79 Å². The van der Waals surface area contributed by atoms with Crippen LogP contribution in [-0.4, -0.2) is 88.5 Å². The fraction of sp³-hybridized carbons (Fsp3) is 0.611. The molecule has 0 saturated carbocycles. The highest BCUT2D eigenvalue weighted by molar-refractivity contribution is 5.92. The van der Waals surface area contributed by atoms with E-state index in [-0.39, 0.29) is 30.0 Å². The molecule has 1 aromatic heterocycles. The number of piperazine rings is 1. The van der Waals surface area contributed by atoms with Crippen LogP contribution in [0.25, 0.3) is 0 Å². The summed E-state index contributed by atoms with van der Waals surface area (Å²) in [4.78, 5) is 49.7. The monoisotopic (exact) mass is 377 g/mol. The lowest BCUT2D eigenvalue weighted by atomic mass is 10.2. The van der Waals surface area contributed by atoms with Crippen molar-refractivity contribution < 1.29 is 19.1 Å². The van der Waals surface area contributed by atoms with Crippen molar-refractivity contribution in [2.24, 2.45) is 0 Å². The molecule has 1 aliphatic heterocycles. The van der Waals surface area contributed by atoms with E-state index in [9.17, 15) is 14.4 Å². The predicted octanol–water partition coefficient (Wildman–Crippen LogP) is 1.02. The van der Waals surface area contributed by atoms with Gasteiger partial charge in [0.15, 0.2) is 0 Å². The Kier molecular flexibility index (Phi) is 7.97. The molecule has 2 rings (SSSR count). The third kappa shape index (κ3) is 5.90. The van der Waals surface area contributed by atoms with Gasteiger partial charge >= 0.3 is 6.09 Å². The van der Waals surface area contributed by atoms with Crippen LogP contribution >= 0.6 is 0 Å². The molecule has 0 unspecified atom stereocenters. The van der Waals surface area contributed by atoms with Crippen LogP contribution in [0, 0.1) is 0 Å². The van der Waals surface area contributed by atoms with Gasteiger partial charge < -0.3 is 19.4 Å². The van der Waals surface area contributed by atoms with E-state index >= 15 is 0 Å². The van der Waals surface area contributed by atoms with Crippen molar-refractivity contribution >= 4 is 17.9 Å². The SMILES string of the molecule is CCCN(CCC(=O)N1CCN(C(=O)OCC)CC1)C(=O)c1cnccn1. The van der Waals surface area contributed by atoms with Crippen LogP contribution in [-0.2, 0) is 9.53 Å². The second-order valence-corrected chi connectivity index (χ2v) is 6.20. The van der Waals surface area contributed by atoms with Crippen LogP contribution in [0.2, 0.25) is 0 Å². The van der Waals surface area contributed by atoms with Gasteiger partial charge in [0.2, 0.25) is 5.91 Å². The molecule has 1 saturated heterocycles. The van der Waals surface area contributed by atoms with Crippen molar-refractivity contribution in [2.75, 3.05) is 45.9 Å². The zero-order valence-corrected chi connectivity index (χ0v) is 16.0. The van der Waals surface area contributed by atoms with Gasteiger partial charge in [-0.1, -0.05) is 6.92 Å². The van der Waals surface area contributed by atoms with Crippen molar-refractivity contribution in [3.8, 4) is 0 Å².